The summed E-state index contributed by atoms with van der Waals surface area (Å²) in [6.07, 6.45) is 0. The molecular weight excluding hydrogens is 430 g/mol. The van der Waals surface area contributed by atoms with Crippen LogP contribution in [0.5, 0.6) is 5.75 Å². The molecule has 1 saturated heterocycles. The molecule has 2 aromatic carbocycles. The third-order valence-electron chi connectivity index (χ3n) is 6.25. The van der Waals surface area contributed by atoms with E-state index in [1.165, 1.54) is 0 Å². The zero-order chi connectivity index (χ0) is 23.1. The quantitative estimate of drug-likeness (QED) is 0.398. The lowest BCUT2D eigenvalue weighted by atomic mass is 10.2. The molecule has 0 amide bonds. The highest BCUT2D eigenvalue weighted by Crippen LogP contribution is 2.27. The number of methoxy groups -OCH3 is 1. The summed E-state index contributed by atoms with van der Waals surface area (Å²) in [4.78, 5) is 14.3. The molecule has 9 heteroatoms. The summed E-state index contributed by atoms with van der Waals surface area (Å²) in [5.74, 6) is 3.03. The van der Waals surface area contributed by atoms with Crippen molar-refractivity contribution in [2.24, 2.45) is 0 Å². The Balaban J connectivity index is 1.16. The first-order valence-electron chi connectivity index (χ1n) is 11.4. The van der Waals surface area contributed by atoms with Crippen molar-refractivity contribution in [2.45, 2.75) is 13.5 Å². The van der Waals surface area contributed by atoms with Crippen molar-refractivity contribution < 1.29 is 9.26 Å². The number of piperazine rings is 1. The van der Waals surface area contributed by atoms with E-state index in [9.17, 15) is 0 Å². The van der Waals surface area contributed by atoms with E-state index < -0.39 is 0 Å². The second-order valence-corrected chi connectivity index (χ2v) is 8.51. The number of nitrogens with zero attached hydrogens (tertiary/aromatic N) is 7. The summed E-state index contributed by atoms with van der Waals surface area (Å²) >= 11 is 0. The molecule has 0 aliphatic carbocycles. The molecule has 0 saturated carbocycles. The van der Waals surface area contributed by atoms with E-state index >= 15 is 0 Å². The van der Waals surface area contributed by atoms with E-state index in [0.29, 0.717) is 18.3 Å². The molecule has 0 radical (unpaired) electrons. The molecule has 1 aliphatic heterocycles. The first-order chi connectivity index (χ1) is 16.7. The number of aromatic nitrogens is 5. The summed E-state index contributed by atoms with van der Waals surface area (Å²) in [5.41, 5.74) is 3.83. The minimum absolute atomic E-state index is 0.594. The van der Waals surface area contributed by atoms with E-state index in [0.717, 1.165) is 65.6 Å². The van der Waals surface area contributed by atoms with Crippen LogP contribution in [0, 0.1) is 6.92 Å². The molecule has 0 N–H and O–H groups in total. The fourth-order valence-electron chi connectivity index (χ4n) is 4.49. The third-order valence-corrected chi connectivity index (χ3v) is 6.25. The summed E-state index contributed by atoms with van der Waals surface area (Å²) in [7, 11) is 1.65. The van der Waals surface area contributed by atoms with E-state index in [1.807, 2.05) is 47.8 Å². The fourth-order valence-corrected chi connectivity index (χ4v) is 4.49. The molecule has 1 fully saturated rings. The molecule has 0 atom stereocenters. The number of aryl methyl sites for hydroxylation is 1. The average Bonchev–Trinajstić information content (AvgIpc) is 3.50. The lowest BCUT2D eigenvalue weighted by Crippen LogP contribution is -2.46. The van der Waals surface area contributed by atoms with Crippen LogP contribution in [0.2, 0.25) is 0 Å². The van der Waals surface area contributed by atoms with Gasteiger partial charge in [0.1, 0.15) is 11.6 Å². The molecule has 6 rings (SSSR count). The van der Waals surface area contributed by atoms with Gasteiger partial charge in [-0.2, -0.15) is 10.1 Å². The van der Waals surface area contributed by atoms with Crippen molar-refractivity contribution in [3.8, 4) is 17.1 Å². The fraction of sp³-hybridized carbons (Fsp3) is 0.280. The summed E-state index contributed by atoms with van der Waals surface area (Å²) < 4.78 is 12.7. The standard InChI is InChI=1S/C25H25N7O2/c1-17-15-22-26-25(20-5-3-4-6-21(20)32(22)28-17)31-13-11-30(12-14-31)16-23-27-24(29-34-23)18-7-9-19(33-2)10-8-18/h3-10,15H,11-14,16H2,1-2H3. The van der Waals surface area contributed by atoms with Crippen LogP contribution in [-0.4, -0.2) is 62.9 Å². The van der Waals surface area contributed by atoms with Crippen LogP contribution < -0.4 is 9.64 Å². The zero-order valence-electron chi connectivity index (χ0n) is 19.2. The molecular formula is C25H25N7O2. The maximum absolute atomic E-state index is 5.53. The average molecular weight is 456 g/mol. The van der Waals surface area contributed by atoms with Crippen molar-refractivity contribution in [1.29, 1.82) is 0 Å². The Morgan fingerprint density at radius 1 is 0.971 bits per heavy atom. The smallest absolute Gasteiger partial charge is 0.241 e. The predicted molar refractivity (Wildman–Crippen MR) is 129 cm³/mol. The van der Waals surface area contributed by atoms with Crippen LogP contribution in [0.3, 0.4) is 0 Å². The first kappa shape index (κ1) is 20.6. The van der Waals surface area contributed by atoms with Crippen LogP contribution in [0.15, 0.2) is 59.1 Å². The maximum Gasteiger partial charge on any atom is 0.241 e. The minimum atomic E-state index is 0.594. The van der Waals surface area contributed by atoms with Gasteiger partial charge in [0.2, 0.25) is 11.7 Å². The Hall–Kier alpha value is -3.98. The summed E-state index contributed by atoms with van der Waals surface area (Å²) in [6.45, 7) is 6.16. The largest absolute Gasteiger partial charge is 0.497 e. The van der Waals surface area contributed by atoms with Crippen molar-refractivity contribution >= 4 is 22.4 Å². The number of fused-ring (bicyclic) bond motifs is 3. The Kier molecular flexibility index (Phi) is 5.10. The van der Waals surface area contributed by atoms with Gasteiger partial charge in [0.25, 0.3) is 0 Å². The van der Waals surface area contributed by atoms with Crippen molar-refractivity contribution in [1.82, 2.24) is 29.6 Å². The van der Waals surface area contributed by atoms with Crippen LogP contribution in [0.1, 0.15) is 11.6 Å². The Bertz CT molecular complexity index is 1450. The predicted octanol–water partition coefficient (Wildman–Crippen LogP) is 3.57. The van der Waals surface area contributed by atoms with Crippen LogP contribution in [0.4, 0.5) is 5.82 Å². The molecule has 172 valence electrons. The van der Waals surface area contributed by atoms with Gasteiger partial charge in [-0.15, -0.1) is 0 Å². The summed E-state index contributed by atoms with van der Waals surface area (Å²) in [5, 5.41) is 9.89. The van der Waals surface area contributed by atoms with Gasteiger partial charge in [-0.3, -0.25) is 4.90 Å². The molecule has 0 unspecified atom stereocenters. The Labute approximate surface area is 196 Å². The number of rotatable bonds is 5. The van der Waals surface area contributed by atoms with Crippen molar-refractivity contribution in [2.75, 3.05) is 38.2 Å². The van der Waals surface area contributed by atoms with E-state index in [4.69, 9.17) is 14.2 Å². The third kappa shape index (κ3) is 3.73. The molecule has 34 heavy (non-hydrogen) atoms. The van der Waals surface area contributed by atoms with Crippen LogP contribution >= 0.6 is 0 Å². The second kappa shape index (κ2) is 8.42. The number of para-hydroxylation sites is 1. The highest BCUT2D eigenvalue weighted by atomic mass is 16.5. The van der Waals surface area contributed by atoms with Crippen LogP contribution in [-0.2, 0) is 6.54 Å². The first-order valence-corrected chi connectivity index (χ1v) is 11.4. The van der Waals surface area contributed by atoms with Crippen molar-refractivity contribution in [3.05, 3.63) is 66.2 Å². The minimum Gasteiger partial charge on any atom is -0.497 e. The maximum atomic E-state index is 5.53. The van der Waals surface area contributed by atoms with Gasteiger partial charge in [-0.25, -0.2) is 9.50 Å². The van der Waals surface area contributed by atoms with Gasteiger partial charge < -0.3 is 14.2 Å². The molecule has 0 spiro atoms. The molecule has 9 nitrogen and oxygen atoms in total. The molecule has 4 heterocycles. The van der Waals surface area contributed by atoms with E-state index in [1.54, 1.807) is 7.11 Å². The highest BCUT2D eigenvalue weighted by molar-refractivity contribution is 5.91. The SMILES string of the molecule is COc1ccc(-c2noc(CN3CCN(c4nc5cc(C)nn5c5ccccc45)CC3)n2)cc1. The molecule has 1 aliphatic rings. The second-order valence-electron chi connectivity index (χ2n) is 8.51. The monoisotopic (exact) mass is 455 g/mol. The van der Waals surface area contributed by atoms with Gasteiger partial charge >= 0.3 is 0 Å². The van der Waals surface area contributed by atoms with Gasteiger partial charge in [0.05, 0.1) is 24.9 Å². The van der Waals surface area contributed by atoms with Gasteiger partial charge in [-0.05, 0) is 43.3 Å². The van der Waals surface area contributed by atoms with E-state index in [2.05, 4.69) is 43.2 Å². The zero-order valence-corrected chi connectivity index (χ0v) is 19.2. The lowest BCUT2D eigenvalue weighted by molar-refractivity contribution is 0.215. The lowest BCUT2D eigenvalue weighted by Gasteiger charge is -2.35. The van der Waals surface area contributed by atoms with Gasteiger partial charge in [0.15, 0.2) is 5.65 Å². The number of ether oxygens (including phenoxy) is 1. The van der Waals surface area contributed by atoms with Crippen molar-refractivity contribution in [3.63, 3.8) is 0 Å². The van der Waals surface area contributed by atoms with E-state index in [-0.39, 0.29) is 0 Å². The van der Waals surface area contributed by atoms with Gasteiger partial charge in [-0.1, -0.05) is 17.3 Å². The number of benzene rings is 2. The highest BCUT2D eigenvalue weighted by Gasteiger charge is 2.23. The Morgan fingerprint density at radius 2 is 1.76 bits per heavy atom. The van der Waals surface area contributed by atoms with Gasteiger partial charge in [0, 0.05) is 43.2 Å². The summed E-state index contributed by atoms with van der Waals surface area (Å²) in [6, 6.07) is 18.0. The number of anilines is 1. The normalized spacial score (nSPS) is 14.8. The number of hydrogen-bond donors (Lipinski definition) is 0. The number of hydrogen-bond acceptors (Lipinski definition) is 8. The molecule has 5 aromatic rings. The molecule has 0 bridgehead atoms. The van der Waals surface area contributed by atoms with Crippen LogP contribution in [0.25, 0.3) is 27.9 Å². The Morgan fingerprint density at radius 3 is 2.56 bits per heavy atom. The molecule has 3 aromatic heterocycles. The topological polar surface area (TPSA) is 84.8 Å².